The lowest BCUT2D eigenvalue weighted by molar-refractivity contribution is -0.185. The number of carbonyl (C=O) groups excluding carboxylic acids is 3. The molecule has 2 heterocycles. The summed E-state index contributed by atoms with van der Waals surface area (Å²) in [5.74, 6) is -1.97. The van der Waals surface area contributed by atoms with Crippen molar-refractivity contribution in [3.8, 4) is 0 Å². The van der Waals surface area contributed by atoms with Crippen molar-refractivity contribution in [1.29, 1.82) is 0 Å². The summed E-state index contributed by atoms with van der Waals surface area (Å²) in [5.41, 5.74) is 0.588. The molecule has 9 nitrogen and oxygen atoms in total. The molecule has 1 N–H and O–H groups in total. The molecule has 0 radical (unpaired) electrons. The number of nitrogens with zero attached hydrogens (tertiary/aromatic N) is 1. The van der Waals surface area contributed by atoms with Crippen molar-refractivity contribution in [2.45, 2.75) is 18.6 Å². The number of carbonyl (C=O) groups is 3. The van der Waals surface area contributed by atoms with E-state index < -0.39 is 17.7 Å². The summed E-state index contributed by atoms with van der Waals surface area (Å²) in [4.78, 5) is 38.2. The van der Waals surface area contributed by atoms with Crippen molar-refractivity contribution in [2.24, 2.45) is 0 Å². The molecule has 0 aromatic heterocycles. The summed E-state index contributed by atoms with van der Waals surface area (Å²) in [6, 6.07) is 4.27. The zero-order valence-corrected chi connectivity index (χ0v) is 16.0. The highest BCUT2D eigenvalue weighted by atomic mass is 16.7. The van der Waals surface area contributed by atoms with Crippen LogP contribution in [0.5, 0.6) is 0 Å². The van der Waals surface area contributed by atoms with Gasteiger partial charge < -0.3 is 24.3 Å². The first-order chi connectivity index (χ1) is 13.5. The molecule has 152 valence electrons. The molecule has 2 saturated heterocycles. The fourth-order valence-corrected chi connectivity index (χ4v) is 3.41. The molecule has 2 aliphatic rings. The number of benzene rings is 1. The first kappa shape index (κ1) is 20.2. The van der Waals surface area contributed by atoms with Crippen molar-refractivity contribution in [3.05, 3.63) is 29.3 Å². The lowest BCUT2D eigenvalue weighted by atomic mass is 10.0. The van der Waals surface area contributed by atoms with Gasteiger partial charge in [-0.15, -0.1) is 0 Å². The zero-order chi connectivity index (χ0) is 20.1. The van der Waals surface area contributed by atoms with Gasteiger partial charge in [0.1, 0.15) is 0 Å². The molecule has 0 aliphatic carbocycles. The number of methoxy groups -OCH3 is 2. The van der Waals surface area contributed by atoms with E-state index in [2.05, 4.69) is 5.32 Å². The Kier molecular flexibility index (Phi) is 6.28. The van der Waals surface area contributed by atoms with Crippen molar-refractivity contribution >= 4 is 23.5 Å². The number of hydrogen-bond acceptors (Lipinski definition) is 8. The smallest absolute Gasteiger partial charge is 0.339 e. The fraction of sp³-hybridized carbons (Fsp3) is 0.526. The number of ether oxygens (including phenoxy) is 4. The van der Waals surface area contributed by atoms with Crippen LogP contribution in [-0.2, 0) is 23.7 Å². The van der Waals surface area contributed by atoms with Gasteiger partial charge in [-0.05, 0) is 18.2 Å². The second-order valence-corrected chi connectivity index (χ2v) is 6.68. The number of anilines is 1. The number of piperidine rings is 1. The van der Waals surface area contributed by atoms with Crippen molar-refractivity contribution < 1.29 is 33.3 Å². The van der Waals surface area contributed by atoms with Crippen LogP contribution < -0.4 is 5.32 Å². The molecule has 1 aromatic rings. The van der Waals surface area contributed by atoms with Gasteiger partial charge in [0.25, 0.3) is 0 Å². The summed E-state index contributed by atoms with van der Waals surface area (Å²) >= 11 is 0. The van der Waals surface area contributed by atoms with E-state index in [4.69, 9.17) is 18.9 Å². The van der Waals surface area contributed by atoms with Crippen LogP contribution in [0.3, 0.4) is 0 Å². The van der Waals surface area contributed by atoms with E-state index >= 15 is 0 Å². The monoisotopic (exact) mass is 392 g/mol. The SMILES string of the molecule is COC(=O)c1ccc(C(=O)OC)c(NC(=O)CN2CCC3(CC2)OCCO3)c1. The first-order valence-electron chi connectivity index (χ1n) is 9.07. The third-order valence-electron chi connectivity index (χ3n) is 4.92. The fourth-order valence-electron chi connectivity index (χ4n) is 3.41. The molecule has 1 spiro atoms. The zero-order valence-electron chi connectivity index (χ0n) is 16.0. The minimum atomic E-state index is -0.609. The Bertz CT molecular complexity index is 749. The average Bonchev–Trinajstić information content (AvgIpc) is 3.16. The molecule has 0 unspecified atom stereocenters. The molecule has 2 aliphatic heterocycles. The highest BCUT2D eigenvalue weighted by Crippen LogP contribution is 2.31. The standard InChI is InChI=1S/C19H24N2O7/c1-25-17(23)13-3-4-14(18(24)26-2)15(11-13)20-16(22)12-21-7-5-19(6-8-21)27-9-10-28-19/h3-4,11H,5-10,12H2,1-2H3,(H,20,22). The summed E-state index contributed by atoms with van der Waals surface area (Å²) in [5, 5.41) is 2.70. The quantitative estimate of drug-likeness (QED) is 0.742. The van der Waals surface area contributed by atoms with Crippen LogP contribution in [0.15, 0.2) is 18.2 Å². The van der Waals surface area contributed by atoms with Crippen LogP contribution >= 0.6 is 0 Å². The van der Waals surface area contributed by atoms with E-state index in [1.807, 2.05) is 4.90 Å². The molecular formula is C19H24N2O7. The van der Waals surface area contributed by atoms with Gasteiger partial charge in [-0.1, -0.05) is 0 Å². The minimum absolute atomic E-state index is 0.152. The number of esters is 2. The van der Waals surface area contributed by atoms with E-state index in [9.17, 15) is 14.4 Å². The highest BCUT2D eigenvalue weighted by molar-refractivity contribution is 6.03. The molecule has 9 heteroatoms. The topological polar surface area (TPSA) is 103 Å². The van der Waals surface area contributed by atoms with Gasteiger partial charge in [-0.3, -0.25) is 9.69 Å². The summed E-state index contributed by atoms with van der Waals surface area (Å²) < 4.78 is 20.8. The number of likely N-dealkylation sites (tertiary alicyclic amines) is 1. The van der Waals surface area contributed by atoms with Gasteiger partial charge >= 0.3 is 11.9 Å². The Hall–Kier alpha value is -2.49. The van der Waals surface area contributed by atoms with E-state index in [1.165, 1.54) is 32.4 Å². The molecule has 0 atom stereocenters. The first-order valence-corrected chi connectivity index (χ1v) is 9.07. The van der Waals surface area contributed by atoms with Crippen LogP contribution in [0.4, 0.5) is 5.69 Å². The molecule has 28 heavy (non-hydrogen) atoms. The predicted octanol–water partition coefficient (Wildman–Crippen LogP) is 1.04. The Labute approximate surface area is 162 Å². The Morgan fingerprint density at radius 2 is 1.71 bits per heavy atom. The largest absolute Gasteiger partial charge is 0.465 e. The number of amides is 1. The van der Waals surface area contributed by atoms with Crippen LogP contribution in [-0.4, -0.2) is 75.6 Å². The number of rotatable bonds is 5. The minimum Gasteiger partial charge on any atom is -0.465 e. The molecular weight excluding hydrogens is 368 g/mol. The molecule has 2 fully saturated rings. The van der Waals surface area contributed by atoms with Gasteiger partial charge in [-0.2, -0.15) is 0 Å². The van der Waals surface area contributed by atoms with Gasteiger partial charge in [0, 0.05) is 25.9 Å². The average molecular weight is 392 g/mol. The summed E-state index contributed by atoms with van der Waals surface area (Å²) in [6.07, 6.45) is 1.40. The summed E-state index contributed by atoms with van der Waals surface area (Å²) in [6.45, 7) is 2.69. The second-order valence-electron chi connectivity index (χ2n) is 6.68. The third-order valence-corrected chi connectivity index (χ3v) is 4.92. The maximum absolute atomic E-state index is 12.5. The number of nitrogens with one attached hydrogen (secondary N) is 1. The van der Waals surface area contributed by atoms with Crippen LogP contribution in [0, 0.1) is 0 Å². The lowest BCUT2D eigenvalue weighted by Gasteiger charge is -2.37. The maximum Gasteiger partial charge on any atom is 0.339 e. The normalized spacial score (nSPS) is 18.6. The molecule has 3 rings (SSSR count). The molecule has 1 aromatic carbocycles. The Balaban J connectivity index is 1.65. The predicted molar refractivity (Wildman–Crippen MR) is 98.1 cm³/mol. The van der Waals surface area contributed by atoms with Gasteiger partial charge in [0.05, 0.1) is 50.8 Å². The highest BCUT2D eigenvalue weighted by Gasteiger charge is 2.40. The molecule has 0 bridgehead atoms. The second kappa shape index (κ2) is 8.68. The lowest BCUT2D eigenvalue weighted by Crippen LogP contribution is -2.47. The molecule has 1 amide bonds. The van der Waals surface area contributed by atoms with Gasteiger partial charge in [0.2, 0.25) is 5.91 Å². The third kappa shape index (κ3) is 4.49. The van der Waals surface area contributed by atoms with Gasteiger partial charge in [0.15, 0.2) is 5.79 Å². The molecule has 0 saturated carbocycles. The van der Waals surface area contributed by atoms with E-state index in [-0.39, 0.29) is 29.3 Å². The van der Waals surface area contributed by atoms with Crippen molar-refractivity contribution in [3.63, 3.8) is 0 Å². The van der Waals surface area contributed by atoms with E-state index in [0.717, 1.165) is 0 Å². The van der Waals surface area contributed by atoms with Crippen LogP contribution in [0.1, 0.15) is 33.6 Å². The van der Waals surface area contributed by atoms with Gasteiger partial charge in [-0.25, -0.2) is 9.59 Å². The van der Waals surface area contributed by atoms with E-state index in [1.54, 1.807) is 0 Å². The maximum atomic E-state index is 12.5. The Morgan fingerprint density at radius 1 is 1.07 bits per heavy atom. The van der Waals surface area contributed by atoms with E-state index in [0.29, 0.717) is 39.1 Å². The van der Waals surface area contributed by atoms with Crippen molar-refractivity contribution in [2.75, 3.05) is 52.4 Å². The van der Waals surface area contributed by atoms with Crippen LogP contribution in [0.2, 0.25) is 0 Å². The van der Waals surface area contributed by atoms with Crippen molar-refractivity contribution in [1.82, 2.24) is 4.90 Å². The van der Waals surface area contributed by atoms with Crippen LogP contribution in [0.25, 0.3) is 0 Å². The number of hydrogen-bond donors (Lipinski definition) is 1. The Morgan fingerprint density at radius 3 is 2.32 bits per heavy atom. The summed E-state index contributed by atoms with van der Waals surface area (Å²) in [7, 11) is 2.51.